The van der Waals surface area contributed by atoms with Crippen molar-refractivity contribution in [3.8, 4) is 0 Å². The van der Waals surface area contributed by atoms with E-state index in [0.717, 1.165) is 19.3 Å². The maximum Gasteiger partial charge on any atom is 0.335 e. The van der Waals surface area contributed by atoms with Crippen molar-refractivity contribution in [2.24, 2.45) is 0 Å². The highest BCUT2D eigenvalue weighted by Crippen LogP contribution is 2.20. The molecule has 1 aromatic rings. The summed E-state index contributed by atoms with van der Waals surface area (Å²) in [6.07, 6.45) is 2.60. The Morgan fingerprint density at radius 2 is 1.71 bits per heavy atom. The van der Waals surface area contributed by atoms with Gasteiger partial charge in [0.25, 0.3) is 0 Å². The summed E-state index contributed by atoms with van der Waals surface area (Å²) in [4.78, 5) is 23.1. The van der Waals surface area contributed by atoms with Crippen molar-refractivity contribution in [2.45, 2.75) is 52.5 Å². The molecule has 0 aliphatic carbocycles. The minimum atomic E-state index is -0.967. The van der Waals surface area contributed by atoms with Crippen LogP contribution in [0.25, 0.3) is 0 Å². The molecule has 1 aromatic carbocycles. The lowest BCUT2D eigenvalue weighted by atomic mass is 9.90. The van der Waals surface area contributed by atoms with Gasteiger partial charge in [-0.15, -0.1) is 0 Å². The molecule has 0 aromatic heterocycles. The molecule has 0 saturated carbocycles. The lowest BCUT2D eigenvalue weighted by Crippen LogP contribution is -2.48. The maximum absolute atomic E-state index is 12.1. The molecule has 0 saturated heterocycles. The molecule has 0 atom stereocenters. The molecule has 5 heteroatoms. The molecule has 116 valence electrons. The summed E-state index contributed by atoms with van der Waals surface area (Å²) in [6.45, 7) is 7.87. The van der Waals surface area contributed by atoms with Crippen LogP contribution >= 0.6 is 0 Å². The molecule has 0 fully saturated rings. The molecule has 0 bridgehead atoms. The molecular formula is C16H24N2O3. The lowest BCUT2D eigenvalue weighted by Gasteiger charge is -2.31. The number of hydrogen-bond acceptors (Lipinski definition) is 2. The lowest BCUT2D eigenvalue weighted by molar-refractivity contribution is 0.0696. The number of carbonyl (C=O) groups excluding carboxylic acids is 1. The molecule has 21 heavy (non-hydrogen) atoms. The van der Waals surface area contributed by atoms with Gasteiger partial charge in [0.1, 0.15) is 0 Å². The molecule has 1 rings (SSSR count). The van der Waals surface area contributed by atoms with Gasteiger partial charge in [0.15, 0.2) is 0 Å². The number of hydrogen-bond donors (Lipinski definition) is 3. The van der Waals surface area contributed by atoms with Crippen LogP contribution in [0, 0.1) is 6.92 Å². The van der Waals surface area contributed by atoms with Gasteiger partial charge in [-0.25, -0.2) is 9.59 Å². The molecule has 0 aliphatic heterocycles. The predicted molar refractivity (Wildman–Crippen MR) is 83.9 cm³/mol. The van der Waals surface area contributed by atoms with Crippen molar-refractivity contribution in [1.82, 2.24) is 5.32 Å². The zero-order chi connectivity index (χ0) is 16.0. The highest BCUT2D eigenvalue weighted by Gasteiger charge is 2.25. The van der Waals surface area contributed by atoms with E-state index in [4.69, 9.17) is 5.11 Å². The summed E-state index contributed by atoms with van der Waals surface area (Å²) < 4.78 is 0. The van der Waals surface area contributed by atoms with E-state index in [1.165, 1.54) is 6.07 Å². The highest BCUT2D eigenvalue weighted by molar-refractivity contribution is 5.93. The summed E-state index contributed by atoms with van der Waals surface area (Å²) in [5, 5.41) is 14.8. The topological polar surface area (TPSA) is 78.4 Å². The number of carbonyl (C=O) groups is 2. The Morgan fingerprint density at radius 1 is 1.14 bits per heavy atom. The highest BCUT2D eigenvalue weighted by atomic mass is 16.4. The Labute approximate surface area is 125 Å². The van der Waals surface area contributed by atoms with Crippen molar-refractivity contribution in [1.29, 1.82) is 0 Å². The van der Waals surface area contributed by atoms with Crippen LogP contribution in [0.15, 0.2) is 18.2 Å². The number of carboxylic acids is 1. The van der Waals surface area contributed by atoms with E-state index in [-0.39, 0.29) is 17.1 Å². The largest absolute Gasteiger partial charge is 0.478 e. The molecule has 0 radical (unpaired) electrons. The molecule has 5 nitrogen and oxygen atoms in total. The maximum atomic E-state index is 12.1. The first-order chi connectivity index (χ1) is 9.87. The van der Waals surface area contributed by atoms with Crippen LogP contribution in [0.2, 0.25) is 0 Å². The second kappa shape index (κ2) is 7.11. The summed E-state index contributed by atoms with van der Waals surface area (Å²) in [5.74, 6) is -0.967. The van der Waals surface area contributed by atoms with Gasteiger partial charge in [0, 0.05) is 11.2 Å². The summed E-state index contributed by atoms with van der Waals surface area (Å²) in [5.41, 5.74) is 1.26. The van der Waals surface area contributed by atoms with Gasteiger partial charge in [0.05, 0.1) is 5.56 Å². The van der Waals surface area contributed by atoms with Gasteiger partial charge in [-0.05, 0) is 49.9 Å². The normalized spacial score (nSPS) is 11.0. The van der Waals surface area contributed by atoms with Crippen molar-refractivity contribution in [3.05, 3.63) is 29.3 Å². The number of aromatic carboxylic acids is 1. The summed E-state index contributed by atoms with van der Waals surface area (Å²) >= 11 is 0. The van der Waals surface area contributed by atoms with E-state index in [1.54, 1.807) is 19.1 Å². The number of nitrogens with one attached hydrogen (secondary N) is 2. The Morgan fingerprint density at radius 3 is 2.14 bits per heavy atom. The van der Waals surface area contributed by atoms with Crippen LogP contribution in [0.5, 0.6) is 0 Å². The van der Waals surface area contributed by atoms with E-state index >= 15 is 0 Å². The van der Waals surface area contributed by atoms with Gasteiger partial charge in [0.2, 0.25) is 0 Å². The molecule has 2 amide bonds. The Kier molecular flexibility index (Phi) is 5.76. The Bertz CT molecular complexity index is 514. The average molecular weight is 292 g/mol. The standard InChI is InChI=1S/C16H24N2O3/c1-5-16(6-2,7-3)18-15(21)17-12-8-9-13(14(19)20)11(4)10-12/h8-10H,5-7H2,1-4H3,(H,19,20)(H2,17,18,21). The fourth-order valence-corrected chi connectivity index (χ4v) is 2.40. The van der Waals surface area contributed by atoms with Gasteiger partial charge in [-0.1, -0.05) is 20.8 Å². The zero-order valence-corrected chi connectivity index (χ0v) is 13.1. The van der Waals surface area contributed by atoms with Crippen molar-refractivity contribution < 1.29 is 14.7 Å². The smallest absolute Gasteiger partial charge is 0.335 e. The van der Waals surface area contributed by atoms with E-state index < -0.39 is 5.97 Å². The first kappa shape index (κ1) is 17.0. The minimum Gasteiger partial charge on any atom is -0.478 e. The van der Waals surface area contributed by atoms with E-state index in [0.29, 0.717) is 11.3 Å². The summed E-state index contributed by atoms with van der Waals surface area (Å²) in [6, 6.07) is 4.50. The van der Waals surface area contributed by atoms with Crippen LogP contribution in [-0.4, -0.2) is 22.6 Å². The number of amides is 2. The van der Waals surface area contributed by atoms with Crippen molar-refractivity contribution >= 4 is 17.7 Å². The van der Waals surface area contributed by atoms with E-state index in [1.807, 2.05) is 0 Å². The quantitative estimate of drug-likeness (QED) is 0.746. The number of benzene rings is 1. The monoisotopic (exact) mass is 292 g/mol. The van der Waals surface area contributed by atoms with Gasteiger partial charge in [-0.2, -0.15) is 0 Å². The number of rotatable bonds is 6. The second-order valence-electron chi connectivity index (χ2n) is 5.25. The predicted octanol–water partition coefficient (Wildman–Crippen LogP) is 3.78. The van der Waals surface area contributed by atoms with Gasteiger partial charge >= 0.3 is 12.0 Å². The molecule has 0 heterocycles. The van der Waals surface area contributed by atoms with E-state index in [2.05, 4.69) is 31.4 Å². The van der Waals surface area contributed by atoms with Crippen LogP contribution in [0.3, 0.4) is 0 Å². The third-order valence-corrected chi connectivity index (χ3v) is 4.12. The summed E-state index contributed by atoms with van der Waals surface area (Å²) in [7, 11) is 0. The molecule has 3 N–H and O–H groups in total. The minimum absolute atomic E-state index is 0.194. The fourth-order valence-electron chi connectivity index (χ4n) is 2.40. The first-order valence-electron chi connectivity index (χ1n) is 7.30. The molecule has 0 aliphatic rings. The van der Waals surface area contributed by atoms with Crippen LogP contribution in [-0.2, 0) is 0 Å². The van der Waals surface area contributed by atoms with Gasteiger partial charge in [-0.3, -0.25) is 0 Å². The molecule has 0 unspecified atom stereocenters. The number of anilines is 1. The zero-order valence-electron chi connectivity index (χ0n) is 13.1. The van der Waals surface area contributed by atoms with Crippen LogP contribution in [0.4, 0.5) is 10.5 Å². The van der Waals surface area contributed by atoms with Crippen molar-refractivity contribution in [2.75, 3.05) is 5.32 Å². The second-order valence-corrected chi connectivity index (χ2v) is 5.25. The Hall–Kier alpha value is -2.04. The number of aryl methyl sites for hydroxylation is 1. The van der Waals surface area contributed by atoms with Gasteiger partial charge < -0.3 is 15.7 Å². The van der Waals surface area contributed by atoms with Crippen LogP contribution < -0.4 is 10.6 Å². The fraction of sp³-hybridized carbons (Fsp3) is 0.500. The average Bonchev–Trinajstić information content (AvgIpc) is 2.44. The third-order valence-electron chi connectivity index (χ3n) is 4.12. The van der Waals surface area contributed by atoms with Crippen LogP contribution in [0.1, 0.15) is 56.0 Å². The SMILES string of the molecule is CCC(CC)(CC)NC(=O)Nc1ccc(C(=O)O)c(C)c1. The van der Waals surface area contributed by atoms with E-state index in [9.17, 15) is 9.59 Å². The number of urea groups is 1. The Balaban J connectivity index is 2.80. The number of carboxylic acid groups (broad SMARTS) is 1. The first-order valence-corrected chi connectivity index (χ1v) is 7.30. The van der Waals surface area contributed by atoms with Crippen molar-refractivity contribution in [3.63, 3.8) is 0 Å². The molecular weight excluding hydrogens is 268 g/mol. The third kappa shape index (κ3) is 4.21. The molecule has 0 spiro atoms.